The number of methoxy groups -OCH3 is 2. The zero-order valence-electron chi connectivity index (χ0n) is 17.3. The van der Waals surface area contributed by atoms with Gasteiger partial charge in [-0.25, -0.2) is 4.39 Å². The fourth-order valence-corrected chi connectivity index (χ4v) is 4.18. The smallest absolute Gasteiger partial charge is 0.313 e. The van der Waals surface area contributed by atoms with Crippen molar-refractivity contribution in [3.63, 3.8) is 0 Å². The first-order valence-electron chi connectivity index (χ1n) is 9.91. The molecule has 0 aliphatic carbocycles. The Labute approximate surface area is 175 Å². The van der Waals surface area contributed by atoms with E-state index in [1.54, 1.807) is 26.4 Å². The van der Waals surface area contributed by atoms with E-state index in [1.807, 2.05) is 23.1 Å². The monoisotopic (exact) mass is 417 g/mol. The summed E-state index contributed by atoms with van der Waals surface area (Å²) < 4.78 is 23.9. The van der Waals surface area contributed by atoms with Crippen molar-refractivity contribution < 1.29 is 28.9 Å². The van der Waals surface area contributed by atoms with Crippen molar-refractivity contribution >= 4 is 5.97 Å². The number of carboxylic acid groups (broad SMARTS) is 1. The van der Waals surface area contributed by atoms with Gasteiger partial charge in [0.2, 0.25) is 0 Å². The summed E-state index contributed by atoms with van der Waals surface area (Å²) in [6.07, 6.45) is -0.483. The topological polar surface area (TPSA) is 79.2 Å². The molecule has 0 bridgehead atoms. The Kier molecular flexibility index (Phi) is 7.07. The minimum Gasteiger partial charge on any atom is -0.496 e. The van der Waals surface area contributed by atoms with Crippen LogP contribution in [0.15, 0.2) is 42.5 Å². The van der Waals surface area contributed by atoms with Crippen LogP contribution in [-0.2, 0) is 29.1 Å². The molecule has 2 aromatic rings. The lowest BCUT2D eigenvalue weighted by molar-refractivity contribution is -0.163. The second-order valence-electron chi connectivity index (χ2n) is 7.86. The fourth-order valence-electron chi connectivity index (χ4n) is 4.18. The SMILES string of the molecule is COCc1cc(CN2CC[C@H](O)[C@](Cc3ccc(F)cc3)(C(=O)O)C2)ccc1OC. The Morgan fingerprint density at radius 1 is 1.20 bits per heavy atom. The van der Waals surface area contributed by atoms with Gasteiger partial charge >= 0.3 is 5.97 Å². The third kappa shape index (κ3) is 4.80. The van der Waals surface area contributed by atoms with Gasteiger partial charge in [-0.15, -0.1) is 0 Å². The quantitative estimate of drug-likeness (QED) is 0.688. The number of carboxylic acids is 1. The van der Waals surface area contributed by atoms with Crippen LogP contribution in [0.25, 0.3) is 0 Å². The fraction of sp³-hybridized carbons (Fsp3) is 0.435. The van der Waals surface area contributed by atoms with Gasteiger partial charge in [0.1, 0.15) is 17.0 Å². The maximum Gasteiger partial charge on any atom is 0.313 e. The van der Waals surface area contributed by atoms with Crippen molar-refractivity contribution in [1.29, 1.82) is 0 Å². The Bertz CT molecular complexity index is 872. The molecule has 0 aromatic heterocycles. The van der Waals surface area contributed by atoms with Crippen LogP contribution in [0.2, 0.25) is 0 Å². The number of ether oxygens (including phenoxy) is 2. The molecule has 1 aliphatic rings. The highest BCUT2D eigenvalue weighted by atomic mass is 19.1. The number of carbonyl (C=O) groups is 1. The van der Waals surface area contributed by atoms with Gasteiger partial charge in [-0.05, 0) is 48.2 Å². The molecule has 1 saturated heterocycles. The zero-order valence-corrected chi connectivity index (χ0v) is 17.3. The van der Waals surface area contributed by atoms with E-state index in [9.17, 15) is 19.4 Å². The maximum absolute atomic E-state index is 13.3. The van der Waals surface area contributed by atoms with E-state index in [-0.39, 0.29) is 18.8 Å². The first-order chi connectivity index (χ1) is 14.4. The molecule has 30 heavy (non-hydrogen) atoms. The number of halogens is 1. The molecule has 1 fully saturated rings. The minimum absolute atomic E-state index is 0.137. The number of nitrogens with zero attached hydrogens (tertiary/aromatic N) is 1. The van der Waals surface area contributed by atoms with Gasteiger partial charge in [-0.2, -0.15) is 0 Å². The number of aliphatic hydroxyl groups is 1. The van der Waals surface area contributed by atoms with E-state index in [1.165, 1.54) is 12.1 Å². The molecular weight excluding hydrogens is 389 g/mol. The largest absolute Gasteiger partial charge is 0.496 e. The van der Waals surface area contributed by atoms with Gasteiger partial charge in [0.25, 0.3) is 0 Å². The van der Waals surface area contributed by atoms with E-state index in [0.29, 0.717) is 31.7 Å². The van der Waals surface area contributed by atoms with Gasteiger partial charge in [0, 0.05) is 32.3 Å². The number of benzene rings is 2. The van der Waals surface area contributed by atoms with Crippen molar-refractivity contribution in [2.24, 2.45) is 5.41 Å². The summed E-state index contributed by atoms with van der Waals surface area (Å²) >= 11 is 0. The number of piperidine rings is 1. The van der Waals surface area contributed by atoms with E-state index in [0.717, 1.165) is 16.9 Å². The van der Waals surface area contributed by atoms with E-state index in [2.05, 4.69) is 0 Å². The summed E-state index contributed by atoms with van der Waals surface area (Å²) in [4.78, 5) is 14.3. The normalized spacial score (nSPS) is 22.1. The molecule has 2 N–H and O–H groups in total. The molecule has 0 amide bonds. The highest BCUT2D eigenvalue weighted by molar-refractivity contribution is 5.76. The second kappa shape index (κ2) is 9.55. The number of aliphatic carboxylic acids is 1. The third-order valence-electron chi connectivity index (χ3n) is 5.77. The summed E-state index contributed by atoms with van der Waals surface area (Å²) in [5, 5.41) is 20.7. The average molecular weight is 417 g/mol. The first kappa shape index (κ1) is 22.2. The molecule has 6 nitrogen and oxygen atoms in total. The molecule has 2 atom stereocenters. The van der Waals surface area contributed by atoms with Crippen molar-refractivity contribution in [3.8, 4) is 5.75 Å². The van der Waals surface area contributed by atoms with E-state index in [4.69, 9.17) is 9.47 Å². The zero-order chi connectivity index (χ0) is 21.7. The van der Waals surface area contributed by atoms with E-state index >= 15 is 0 Å². The van der Waals surface area contributed by atoms with Crippen LogP contribution >= 0.6 is 0 Å². The summed E-state index contributed by atoms with van der Waals surface area (Å²) in [6.45, 7) is 1.75. The van der Waals surface area contributed by atoms with Crippen molar-refractivity contribution in [1.82, 2.24) is 4.90 Å². The van der Waals surface area contributed by atoms with E-state index < -0.39 is 17.5 Å². The maximum atomic E-state index is 13.3. The molecule has 2 aromatic carbocycles. The number of hydrogen-bond acceptors (Lipinski definition) is 5. The Hall–Kier alpha value is -2.48. The number of rotatable bonds is 8. The lowest BCUT2D eigenvalue weighted by Crippen LogP contribution is -2.56. The van der Waals surface area contributed by atoms with Crippen molar-refractivity contribution in [2.45, 2.75) is 32.1 Å². The molecule has 1 aliphatic heterocycles. The summed E-state index contributed by atoms with van der Waals surface area (Å²) in [5.74, 6) is -0.676. The molecule has 0 radical (unpaired) electrons. The van der Waals surface area contributed by atoms with Gasteiger partial charge < -0.3 is 19.7 Å². The van der Waals surface area contributed by atoms with Crippen LogP contribution in [-0.4, -0.2) is 54.5 Å². The highest BCUT2D eigenvalue weighted by Crippen LogP contribution is 2.35. The van der Waals surface area contributed by atoms with Crippen LogP contribution in [0, 0.1) is 11.2 Å². The van der Waals surface area contributed by atoms with Crippen LogP contribution < -0.4 is 4.74 Å². The lowest BCUT2D eigenvalue weighted by atomic mass is 9.72. The first-order valence-corrected chi connectivity index (χ1v) is 9.91. The molecule has 162 valence electrons. The molecular formula is C23H28FNO5. The molecule has 0 spiro atoms. The lowest BCUT2D eigenvalue weighted by Gasteiger charge is -2.43. The summed E-state index contributed by atoms with van der Waals surface area (Å²) in [7, 11) is 3.23. The molecule has 7 heteroatoms. The average Bonchev–Trinajstić information content (AvgIpc) is 2.72. The predicted molar refractivity (Wildman–Crippen MR) is 110 cm³/mol. The number of likely N-dealkylation sites (tertiary alicyclic amines) is 1. The van der Waals surface area contributed by atoms with Gasteiger partial charge in [-0.1, -0.05) is 18.2 Å². The predicted octanol–water partition coefficient (Wildman–Crippen LogP) is 2.86. The number of aliphatic hydroxyl groups excluding tert-OH is 1. The van der Waals surface area contributed by atoms with Crippen LogP contribution in [0.3, 0.4) is 0 Å². The van der Waals surface area contributed by atoms with Gasteiger partial charge in [0.05, 0.1) is 19.8 Å². The Morgan fingerprint density at radius 2 is 1.90 bits per heavy atom. The Morgan fingerprint density at radius 3 is 2.53 bits per heavy atom. The second-order valence-corrected chi connectivity index (χ2v) is 7.86. The Balaban J connectivity index is 1.81. The highest BCUT2D eigenvalue weighted by Gasteiger charge is 2.49. The van der Waals surface area contributed by atoms with Crippen molar-refractivity contribution in [2.75, 3.05) is 27.3 Å². The third-order valence-corrected chi connectivity index (χ3v) is 5.77. The molecule has 0 saturated carbocycles. The van der Waals surface area contributed by atoms with Crippen LogP contribution in [0.1, 0.15) is 23.1 Å². The molecule has 3 rings (SSSR count). The molecule has 1 heterocycles. The minimum atomic E-state index is -1.35. The number of hydrogen-bond donors (Lipinski definition) is 2. The summed E-state index contributed by atoms with van der Waals surface area (Å²) in [5.41, 5.74) is 1.27. The van der Waals surface area contributed by atoms with Crippen LogP contribution in [0.4, 0.5) is 4.39 Å². The van der Waals surface area contributed by atoms with Gasteiger partial charge in [-0.3, -0.25) is 9.69 Å². The van der Waals surface area contributed by atoms with Crippen molar-refractivity contribution in [3.05, 3.63) is 65.0 Å². The standard InChI is InChI=1S/C23H28FNO5/c1-29-14-18-11-17(5-8-20(18)30-2)13-25-10-9-21(26)23(15-25,22(27)28)12-16-3-6-19(24)7-4-16/h3-8,11,21,26H,9-10,12-15H2,1-2H3,(H,27,28)/t21-,23+/m0/s1. The van der Waals surface area contributed by atoms with Crippen LogP contribution in [0.5, 0.6) is 5.75 Å². The summed E-state index contributed by atoms with van der Waals surface area (Å²) in [6, 6.07) is 11.6. The van der Waals surface area contributed by atoms with Gasteiger partial charge in [0.15, 0.2) is 0 Å². The molecule has 0 unspecified atom stereocenters.